The molecule has 0 aliphatic carbocycles. The van der Waals surface area contributed by atoms with Crippen LogP contribution < -0.4 is 4.74 Å². The van der Waals surface area contributed by atoms with E-state index in [-0.39, 0.29) is 23.5 Å². The van der Waals surface area contributed by atoms with Gasteiger partial charge in [-0.3, -0.25) is 4.98 Å². The highest BCUT2D eigenvalue weighted by Gasteiger charge is 2.31. The fraction of sp³-hybridized carbons (Fsp3) is 0.310. The van der Waals surface area contributed by atoms with E-state index >= 15 is 0 Å². The lowest BCUT2D eigenvalue weighted by Crippen LogP contribution is -2.37. The third kappa shape index (κ3) is 5.17. The molecule has 2 aromatic carbocycles. The van der Waals surface area contributed by atoms with Gasteiger partial charge in [0.1, 0.15) is 12.0 Å². The summed E-state index contributed by atoms with van der Waals surface area (Å²) in [6, 6.07) is 16.9. The highest BCUT2D eigenvalue weighted by atomic mass is 32.2. The summed E-state index contributed by atoms with van der Waals surface area (Å²) in [5, 5.41) is 1.11. The molecule has 1 saturated heterocycles. The molecule has 0 unspecified atom stereocenters. The maximum atomic E-state index is 13.3. The highest BCUT2D eigenvalue weighted by molar-refractivity contribution is 7.89. The standard InChI is InChI=1S/C29H31N3O4S/c1-21(2)36-25-6-8-26(9-7-25)37(34,35)32-14-11-22(12-15-32)28-20-31(16-17-33)29-18-23(5-10-27(28)29)24-4-3-13-30-19-24/h3-10,13,17-22H,11-12,14-16H2,1-2H3. The van der Waals surface area contributed by atoms with E-state index in [1.807, 2.05) is 36.7 Å². The number of piperidine rings is 1. The van der Waals surface area contributed by atoms with Crippen LogP contribution in [0.15, 0.2) is 78.1 Å². The summed E-state index contributed by atoms with van der Waals surface area (Å²) in [5.41, 5.74) is 4.24. The molecular formula is C29H31N3O4S. The van der Waals surface area contributed by atoms with Crippen molar-refractivity contribution in [3.63, 3.8) is 0 Å². The second-order valence-corrected chi connectivity index (χ2v) is 11.6. The van der Waals surface area contributed by atoms with E-state index in [0.29, 0.717) is 18.8 Å². The number of hydrogen-bond donors (Lipinski definition) is 0. The van der Waals surface area contributed by atoms with Crippen molar-refractivity contribution in [1.29, 1.82) is 0 Å². The molecule has 37 heavy (non-hydrogen) atoms. The zero-order chi connectivity index (χ0) is 26.0. The van der Waals surface area contributed by atoms with Gasteiger partial charge in [-0.25, -0.2) is 8.42 Å². The van der Waals surface area contributed by atoms with E-state index in [2.05, 4.69) is 29.4 Å². The molecule has 192 valence electrons. The van der Waals surface area contributed by atoms with Gasteiger partial charge in [0.15, 0.2) is 0 Å². The third-order valence-electron chi connectivity index (χ3n) is 6.91. The Labute approximate surface area is 217 Å². The first-order valence-corrected chi connectivity index (χ1v) is 14.0. The van der Waals surface area contributed by atoms with Gasteiger partial charge in [0.05, 0.1) is 17.5 Å². The maximum Gasteiger partial charge on any atom is 0.243 e. The predicted molar refractivity (Wildman–Crippen MR) is 144 cm³/mol. The average Bonchev–Trinajstić information content (AvgIpc) is 3.27. The molecule has 1 fully saturated rings. The summed E-state index contributed by atoms with van der Waals surface area (Å²) >= 11 is 0. The summed E-state index contributed by atoms with van der Waals surface area (Å²) in [6.45, 7) is 5.04. The quantitative estimate of drug-likeness (QED) is 0.298. The number of pyridine rings is 1. The molecule has 1 aliphatic rings. The van der Waals surface area contributed by atoms with Crippen LogP contribution in [0.3, 0.4) is 0 Å². The van der Waals surface area contributed by atoms with Crippen molar-refractivity contribution in [3.05, 3.63) is 78.8 Å². The van der Waals surface area contributed by atoms with Crippen molar-refractivity contribution in [2.75, 3.05) is 13.1 Å². The number of carbonyl (C=O) groups is 1. The Morgan fingerprint density at radius 2 is 1.81 bits per heavy atom. The topological polar surface area (TPSA) is 81.5 Å². The number of aldehydes is 1. The van der Waals surface area contributed by atoms with Crippen LogP contribution in [-0.2, 0) is 21.4 Å². The second-order valence-electron chi connectivity index (χ2n) is 9.69. The first kappa shape index (κ1) is 25.2. The lowest BCUT2D eigenvalue weighted by Gasteiger charge is -2.31. The van der Waals surface area contributed by atoms with Crippen LogP contribution in [0.4, 0.5) is 0 Å². The Hall–Kier alpha value is -3.49. The molecule has 7 nitrogen and oxygen atoms in total. The van der Waals surface area contributed by atoms with Gasteiger partial charge in [-0.15, -0.1) is 0 Å². The van der Waals surface area contributed by atoms with Gasteiger partial charge < -0.3 is 14.1 Å². The number of fused-ring (bicyclic) bond motifs is 1. The lowest BCUT2D eigenvalue weighted by molar-refractivity contribution is -0.108. The highest BCUT2D eigenvalue weighted by Crippen LogP contribution is 2.37. The zero-order valence-electron chi connectivity index (χ0n) is 21.1. The number of aromatic nitrogens is 2. The number of hydrogen-bond acceptors (Lipinski definition) is 5. The van der Waals surface area contributed by atoms with Crippen LogP contribution in [0.5, 0.6) is 5.75 Å². The monoisotopic (exact) mass is 517 g/mol. The molecule has 8 heteroatoms. The number of sulfonamides is 1. The minimum Gasteiger partial charge on any atom is -0.491 e. The zero-order valence-corrected chi connectivity index (χ0v) is 21.9. The smallest absolute Gasteiger partial charge is 0.243 e. The summed E-state index contributed by atoms with van der Waals surface area (Å²) in [7, 11) is -3.57. The molecule has 0 bridgehead atoms. The summed E-state index contributed by atoms with van der Waals surface area (Å²) in [5.74, 6) is 0.874. The van der Waals surface area contributed by atoms with Crippen LogP contribution in [0, 0.1) is 0 Å². The van der Waals surface area contributed by atoms with Crippen LogP contribution in [0.2, 0.25) is 0 Å². The van der Waals surface area contributed by atoms with Crippen molar-refractivity contribution in [1.82, 2.24) is 13.9 Å². The van der Waals surface area contributed by atoms with E-state index in [1.165, 1.54) is 5.56 Å². The largest absolute Gasteiger partial charge is 0.491 e. The molecule has 0 saturated carbocycles. The molecule has 0 N–H and O–H groups in total. The second kappa shape index (κ2) is 10.5. The molecule has 0 atom stereocenters. The molecule has 5 rings (SSSR count). The first-order chi connectivity index (χ1) is 17.9. The number of ether oxygens (including phenoxy) is 1. The molecule has 0 amide bonds. The number of carbonyl (C=O) groups excluding carboxylic acids is 1. The predicted octanol–water partition coefficient (Wildman–Crippen LogP) is 5.26. The van der Waals surface area contributed by atoms with Gasteiger partial charge in [-0.2, -0.15) is 4.31 Å². The van der Waals surface area contributed by atoms with Gasteiger partial charge in [0.2, 0.25) is 10.0 Å². The first-order valence-electron chi connectivity index (χ1n) is 12.6. The molecule has 0 radical (unpaired) electrons. The summed E-state index contributed by atoms with van der Waals surface area (Å²) in [6.07, 6.45) is 8.02. The van der Waals surface area contributed by atoms with E-state index < -0.39 is 10.0 Å². The van der Waals surface area contributed by atoms with Crippen LogP contribution >= 0.6 is 0 Å². The van der Waals surface area contributed by atoms with Gasteiger partial charge in [-0.1, -0.05) is 18.2 Å². The number of nitrogens with zero attached hydrogens (tertiary/aromatic N) is 3. The van der Waals surface area contributed by atoms with Crippen molar-refractivity contribution >= 4 is 27.2 Å². The van der Waals surface area contributed by atoms with Crippen LogP contribution in [0.1, 0.15) is 38.2 Å². The van der Waals surface area contributed by atoms with Gasteiger partial charge >= 0.3 is 0 Å². The van der Waals surface area contributed by atoms with Crippen molar-refractivity contribution in [2.45, 2.75) is 50.2 Å². The van der Waals surface area contributed by atoms with E-state index in [1.54, 1.807) is 34.8 Å². The van der Waals surface area contributed by atoms with Gasteiger partial charge in [0, 0.05) is 48.1 Å². The minimum atomic E-state index is -3.57. The maximum absolute atomic E-state index is 13.3. The minimum absolute atomic E-state index is 0.0286. The average molecular weight is 518 g/mol. The Kier molecular flexibility index (Phi) is 7.13. The van der Waals surface area contributed by atoms with Crippen molar-refractivity contribution in [3.8, 4) is 16.9 Å². The molecule has 2 aromatic heterocycles. The molecule has 1 aliphatic heterocycles. The van der Waals surface area contributed by atoms with Crippen LogP contribution in [-0.4, -0.2) is 47.8 Å². The Morgan fingerprint density at radius 3 is 2.46 bits per heavy atom. The van der Waals surface area contributed by atoms with E-state index in [9.17, 15) is 13.2 Å². The normalized spacial score (nSPS) is 15.3. The fourth-order valence-electron chi connectivity index (χ4n) is 5.11. The lowest BCUT2D eigenvalue weighted by atomic mass is 9.89. The number of rotatable bonds is 8. The Morgan fingerprint density at radius 1 is 1.05 bits per heavy atom. The molecule has 4 aromatic rings. The third-order valence-corrected chi connectivity index (χ3v) is 8.82. The van der Waals surface area contributed by atoms with Crippen molar-refractivity contribution in [2.24, 2.45) is 0 Å². The van der Waals surface area contributed by atoms with E-state index in [0.717, 1.165) is 41.2 Å². The van der Waals surface area contributed by atoms with Crippen LogP contribution in [0.25, 0.3) is 22.0 Å². The Bertz CT molecular complexity index is 1490. The van der Waals surface area contributed by atoms with Crippen molar-refractivity contribution < 1.29 is 17.9 Å². The number of benzene rings is 2. The molecule has 0 spiro atoms. The summed E-state index contributed by atoms with van der Waals surface area (Å²) < 4.78 is 35.8. The molecular weight excluding hydrogens is 486 g/mol. The van der Waals surface area contributed by atoms with Gasteiger partial charge in [-0.05, 0) is 80.1 Å². The Balaban J connectivity index is 1.36. The SMILES string of the molecule is CC(C)Oc1ccc(S(=O)(=O)N2CCC(c3cn(CC=O)c4cc(-c5cccnc5)ccc34)CC2)cc1. The fourth-order valence-corrected chi connectivity index (χ4v) is 6.58. The van der Waals surface area contributed by atoms with Gasteiger partial charge in [0.25, 0.3) is 0 Å². The van der Waals surface area contributed by atoms with E-state index in [4.69, 9.17) is 4.74 Å². The summed E-state index contributed by atoms with van der Waals surface area (Å²) in [4.78, 5) is 15.9. The molecule has 3 heterocycles.